The average Bonchev–Trinajstić information content (AvgIpc) is 2.30. The van der Waals surface area contributed by atoms with E-state index in [2.05, 4.69) is 5.16 Å². The van der Waals surface area contributed by atoms with Gasteiger partial charge in [-0.3, -0.25) is 4.79 Å². The van der Waals surface area contributed by atoms with Crippen molar-refractivity contribution in [3.05, 3.63) is 0 Å². The Kier molecular flexibility index (Phi) is 3.98. The van der Waals surface area contributed by atoms with Gasteiger partial charge in [0.05, 0.1) is 18.8 Å². The summed E-state index contributed by atoms with van der Waals surface area (Å²) in [4.78, 5) is 14.1. The van der Waals surface area contributed by atoms with Crippen molar-refractivity contribution in [2.24, 2.45) is 16.3 Å². The molecule has 98 valence electrons. The molecular formula is C11H21N3O3. The summed E-state index contributed by atoms with van der Waals surface area (Å²) < 4.78 is 5.47. The second-order valence-electron chi connectivity index (χ2n) is 5.06. The van der Waals surface area contributed by atoms with Crippen molar-refractivity contribution in [3.63, 3.8) is 0 Å². The minimum absolute atomic E-state index is 0.00414. The van der Waals surface area contributed by atoms with Gasteiger partial charge in [-0.1, -0.05) is 5.16 Å². The molecule has 0 aromatic rings. The average molecular weight is 243 g/mol. The number of oxime groups is 1. The van der Waals surface area contributed by atoms with Gasteiger partial charge >= 0.3 is 0 Å². The van der Waals surface area contributed by atoms with E-state index in [9.17, 15) is 4.79 Å². The van der Waals surface area contributed by atoms with Gasteiger partial charge < -0.3 is 20.6 Å². The standard InChI is InChI=1S/C11H21N3O3/c1-7-6-17-8(2)5-14(7)10(15)11(3,4)9(12)13-16/h7-8,16H,5-6H2,1-4H3,(H2,12,13). The number of hydrogen-bond acceptors (Lipinski definition) is 4. The highest BCUT2D eigenvalue weighted by molar-refractivity contribution is 6.06. The fourth-order valence-electron chi connectivity index (χ4n) is 1.78. The zero-order chi connectivity index (χ0) is 13.2. The molecule has 1 heterocycles. The van der Waals surface area contributed by atoms with Crippen LogP contribution in [0.15, 0.2) is 5.16 Å². The van der Waals surface area contributed by atoms with E-state index in [-0.39, 0.29) is 23.9 Å². The Morgan fingerprint density at radius 2 is 2.12 bits per heavy atom. The number of rotatable bonds is 2. The number of morpholine rings is 1. The first-order valence-electron chi connectivity index (χ1n) is 5.71. The van der Waals surface area contributed by atoms with Crippen LogP contribution < -0.4 is 5.73 Å². The maximum atomic E-state index is 12.4. The molecule has 3 N–H and O–H groups in total. The van der Waals surface area contributed by atoms with Crippen LogP contribution in [0.2, 0.25) is 0 Å². The summed E-state index contributed by atoms with van der Waals surface area (Å²) >= 11 is 0. The molecule has 1 rings (SSSR count). The van der Waals surface area contributed by atoms with E-state index < -0.39 is 5.41 Å². The first-order valence-corrected chi connectivity index (χ1v) is 5.71. The molecule has 6 nitrogen and oxygen atoms in total. The Hall–Kier alpha value is -1.30. The van der Waals surface area contributed by atoms with Gasteiger partial charge in [0.2, 0.25) is 5.91 Å². The van der Waals surface area contributed by atoms with E-state index in [1.807, 2.05) is 13.8 Å². The van der Waals surface area contributed by atoms with Crippen LogP contribution in [0, 0.1) is 5.41 Å². The number of amidine groups is 1. The van der Waals surface area contributed by atoms with Crippen molar-refractivity contribution < 1.29 is 14.7 Å². The summed E-state index contributed by atoms with van der Waals surface area (Å²) in [6.07, 6.45) is 0.0123. The van der Waals surface area contributed by atoms with E-state index in [0.29, 0.717) is 13.2 Å². The zero-order valence-corrected chi connectivity index (χ0v) is 10.8. The molecule has 0 radical (unpaired) electrons. The molecule has 2 unspecified atom stereocenters. The molecule has 1 aliphatic heterocycles. The SMILES string of the molecule is CC1CN(C(=O)C(C)(C)C(N)=NO)C(C)CO1. The summed E-state index contributed by atoms with van der Waals surface area (Å²) in [6, 6.07) is 0.00414. The van der Waals surface area contributed by atoms with Crippen LogP contribution in [-0.4, -0.2) is 47.1 Å². The maximum absolute atomic E-state index is 12.4. The second-order valence-corrected chi connectivity index (χ2v) is 5.06. The Morgan fingerprint density at radius 1 is 1.53 bits per heavy atom. The van der Waals surface area contributed by atoms with Gasteiger partial charge in [0, 0.05) is 6.54 Å². The predicted molar refractivity (Wildman–Crippen MR) is 63.8 cm³/mol. The largest absolute Gasteiger partial charge is 0.409 e. The van der Waals surface area contributed by atoms with Gasteiger partial charge in [-0.2, -0.15) is 0 Å². The highest BCUT2D eigenvalue weighted by atomic mass is 16.5. The van der Waals surface area contributed by atoms with Crippen LogP contribution in [0.25, 0.3) is 0 Å². The summed E-state index contributed by atoms with van der Waals surface area (Å²) in [5.41, 5.74) is 4.56. The highest BCUT2D eigenvalue weighted by Gasteiger charge is 2.40. The third-order valence-corrected chi connectivity index (χ3v) is 3.15. The third kappa shape index (κ3) is 2.69. The lowest BCUT2D eigenvalue weighted by Gasteiger charge is -2.40. The number of hydrogen-bond donors (Lipinski definition) is 2. The lowest BCUT2D eigenvalue weighted by atomic mass is 9.89. The number of amides is 1. The van der Waals surface area contributed by atoms with E-state index in [1.165, 1.54) is 0 Å². The molecule has 0 bridgehead atoms. The fraction of sp³-hybridized carbons (Fsp3) is 0.818. The Morgan fingerprint density at radius 3 is 2.65 bits per heavy atom. The molecule has 1 aliphatic rings. The molecule has 0 saturated carbocycles. The predicted octanol–water partition coefficient (Wildman–Crippen LogP) is 0.395. The Balaban J connectivity index is 2.88. The molecule has 1 amide bonds. The number of ether oxygens (including phenoxy) is 1. The minimum atomic E-state index is -1.000. The molecule has 6 heteroatoms. The number of nitrogens with two attached hydrogens (primary N) is 1. The lowest BCUT2D eigenvalue weighted by Crippen LogP contribution is -2.56. The lowest BCUT2D eigenvalue weighted by molar-refractivity contribution is -0.149. The van der Waals surface area contributed by atoms with Crippen LogP contribution in [0.1, 0.15) is 27.7 Å². The van der Waals surface area contributed by atoms with Crippen molar-refractivity contribution in [2.45, 2.75) is 39.8 Å². The van der Waals surface area contributed by atoms with Gasteiger partial charge in [-0.05, 0) is 27.7 Å². The summed E-state index contributed by atoms with van der Waals surface area (Å²) in [5.74, 6) is -0.218. The quantitative estimate of drug-likeness (QED) is 0.318. The molecule has 17 heavy (non-hydrogen) atoms. The molecule has 0 aliphatic carbocycles. The van der Waals surface area contributed by atoms with Crippen molar-refractivity contribution in [1.29, 1.82) is 0 Å². The highest BCUT2D eigenvalue weighted by Crippen LogP contribution is 2.23. The van der Waals surface area contributed by atoms with E-state index in [4.69, 9.17) is 15.7 Å². The van der Waals surface area contributed by atoms with Crippen LogP contribution in [0.3, 0.4) is 0 Å². The molecule has 0 spiro atoms. The number of carbonyl (C=O) groups is 1. The number of carbonyl (C=O) groups excluding carboxylic acids is 1. The topological polar surface area (TPSA) is 88.2 Å². The van der Waals surface area contributed by atoms with Crippen LogP contribution in [0.5, 0.6) is 0 Å². The van der Waals surface area contributed by atoms with Crippen molar-refractivity contribution >= 4 is 11.7 Å². The van der Waals surface area contributed by atoms with Crippen LogP contribution >= 0.6 is 0 Å². The second kappa shape index (κ2) is 4.91. The smallest absolute Gasteiger partial charge is 0.236 e. The molecular weight excluding hydrogens is 222 g/mol. The first kappa shape index (κ1) is 13.8. The molecule has 1 saturated heterocycles. The van der Waals surface area contributed by atoms with Gasteiger partial charge in [0.1, 0.15) is 5.41 Å². The van der Waals surface area contributed by atoms with Crippen LogP contribution in [0.4, 0.5) is 0 Å². The molecule has 0 aromatic carbocycles. The summed E-state index contributed by atoms with van der Waals surface area (Å²) in [5, 5.41) is 11.6. The van der Waals surface area contributed by atoms with Gasteiger partial charge in [-0.15, -0.1) is 0 Å². The molecule has 2 atom stereocenters. The van der Waals surface area contributed by atoms with Crippen molar-refractivity contribution in [1.82, 2.24) is 4.90 Å². The zero-order valence-electron chi connectivity index (χ0n) is 10.8. The van der Waals surface area contributed by atoms with E-state index in [0.717, 1.165) is 0 Å². The summed E-state index contributed by atoms with van der Waals surface area (Å²) in [7, 11) is 0. The maximum Gasteiger partial charge on any atom is 0.236 e. The number of nitrogens with zero attached hydrogens (tertiary/aromatic N) is 2. The van der Waals surface area contributed by atoms with Gasteiger partial charge in [-0.25, -0.2) is 0 Å². The summed E-state index contributed by atoms with van der Waals surface area (Å²) in [6.45, 7) is 8.19. The fourth-order valence-corrected chi connectivity index (χ4v) is 1.78. The van der Waals surface area contributed by atoms with E-state index in [1.54, 1.807) is 18.7 Å². The third-order valence-electron chi connectivity index (χ3n) is 3.15. The normalized spacial score (nSPS) is 27.1. The monoisotopic (exact) mass is 243 g/mol. The Labute approximate surface area is 101 Å². The van der Waals surface area contributed by atoms with Gasteiger partial charge in [0.25, 0.3) is 0 Å². The van der Waals surface area contributed by atoms with E-state index >= 15 is 0 Å². The van der Waals surface area contributed by atoms with Crippen LogP contribution in [-0.2, 0) is 9.53 Å². The van der Waals surface area contributed by atoms with Crippen molar-refractivity contribution in [2.75, 3.05) is 13.2 Å². The minimum Gasteiger partial charge on any atom is -0.409 e. The molecule has 0 aromatic heterocycles. The first-order chi connectivity index (χ1) is 7.80. The Bertz CT molecular complexity index is 328. The molecule has 1 fully saturated rings. The van der Waals surface area contributed by atoms with Gasteiger partial charge in [0.15, 0.2) is 5.84 Å². The van der Waals surface area contributed by atoms with Crippen molar-refractivity contribution in [3.8, 4) is 0 Å².